The number of benzene rings is 8. The highest BCUT2D eigenvalue weighted by Crippen LogP contribution is 2.39. The molecule has 8 aromatic carbocycles. The zero-order chi connectivity index (χ0) is 99.9. The minimum absolute atomic E-state index is 0.0118. The monoisotopic (exact) mass is 1930 g/mol. The summed E-state index contributed by atoms with van der Waals surface area (Å²) in [4.78, 5) is 79.2. The van der Waals surface area contributed by atoms with Crippen LogP contribution in [0.3, 0.4) is 0 Å². The van der Waals surface area contributed by atoms with Gasteiger partial charge in [0, 0.05) is 161 Å². The molecule has 145 heavy (non-hydrogen) atoms. The SMILES string of the molecule is CC(C)(C)OC(=O)N1CCC(c2cccc(-c3nc(-c4ccncc4)no3)c2)CC1.CC(C)(C)OC(=O)N1CCCCC1c1ccc(-c2nc(-c3ccncc3)no2)cc1.N#Cc1cc(F)cc(-c2nc(-c3ccncc3)no2)c1.c1cc(-c2nc(-c3ccncc3)no2)cc(C2CCNCC2)c1.c1ccc2c(-c3nc(-c4ccncc4)no3)cccc2c1.c1ccc2cc(-c3nc(-c4ccncc4)no3)ccc2c1. The normalized spacial score (nSPS) is 13.7. The molecule has 23 rings (SSSR count). The van der Waals surface area contributed by atoms with Gasteiger partial charge in [0.05, 0.1) is 17.7 Å². The maximum absolute atomic E-state index is 13.4. The number of aromatic nitrogens is 18. The number of carbonyl (C=O) groups is 2. The average Bonchev–Trinajstić information content (AvgIpc) is 1.70. The van der Waals surface area contributed by atoms with Crippen LogP contribution >= 0.6 is 0 Å². The lowest BCUT2D eigenvalue weighted by Crippen LogP contribution is -2.41. The molecule has 3 fully saturated rings. The molecule has 2 amide bonds. The van der Waals surface area contributed by atoms with Crippen molar-refractivity contribution in [3.05, 3.63) is 351 Å². The Kier molecular flexibility index (Phi) is 30.8. The Balaban J connectivity index is 0.000000115. The Morgan fingerprint density at radius 2 is 0.724 bits per heavy atom. The molecule has 0 bridgehead atoms. The highest BCUT2D eigenvalue weighted by Gasteiger charge is 2.33. The van der Waals surface area contributed by atoms with E-state index in [9.17, 15) is 14.0 Å². The third kappa shape index (κ3) is 25.4. The second-order valence-corrected chi connectivity index (χ2v) is 36.2. The molecule has 1 N–H and O–H groups in total. The minimum Gasteiger partial charge on any atom is -0.444 e. The van der Waals surface area contributed by atoms with Crippen molar-refractivity contribution in [2.45, 2.75) is 116 Å². The number of halogens is 1. The van der Waals surface area contributed by atoms with E-state index < -0.39 is 17.0 Å². The van der Waals surface area contributed by atoms with Gasteiger partial charge in [-0.2, -0.15) is 35.2 Å². The van der Waals surface area contributed by atoms with E-state index in [0.29, 0.717) is 101 Å². The zero-order valence-electron chi connectivity index (χ0n) is 80.2. The number of carbonyl (C=O) groups excluding carboxylic acids is 2. The van der Waals surface area contributed by atoms with Gasteiger partial charge in [0.2, 0.25) is 34.9 Å². The summed E-state index contributed by atoms with van der Waals surface area (Å²) >= 11 is 0. The summed E-state index contributed by atoms with van der Waals surface area (Å²) in [6, 6.07) is 81.0. The number of hydrogen-bond donors (Lipinski definition) is 1. The van der Waals surface area contributed by atoms with E-state index in [1.165, 1.54) is 41.5 Å². The molecule has 1 unspecified atom stereocenters. The molecule has 0 aliphatic carbocycles. The molecule has 0 radical (unpaired) electrons. The standard InChI is InChI=1S/2C23H26N4O3.C18H18N4O.2C17H11N3O.C14H7FN4O/c1-23(2,3)29-22(28)27-13-9-16(10-14-27)18-5-4-6-19(15-18)21-25-20(26-30-21)17-7-11-24-12-8-17;1-23(2,3)29-22(28)27-15-5-4-6-19(27)16-7-9-18(10-8-16)21-25-20(26-30-21)17-11-13-24-14-12-17;1-2-15(13-4-8-19-9-5-13)12-16(3-1)18-21-17(22-23-18)14-6-10-20-11-7-14;1-2-6-14-12(4-1)5-3-7-15(14)17-19-16(20-21-17)13-8-10-18-11-9-13;1-2-4-14-11-15(6-5-12(14)3-1)17-19-16(20-21-17)13-7-9-18-10-8-13;15-12-6-9(8-16)5-11(7-12)14-18-13(19-20-14)10-1-3-17-4-2-10/h4-8,11-12,15-16H,9-10,13-14H2,1-3H3;7-14,19H,4-6,15H2,1-3H3;1-3,6-7,10-13,19H,4-5,8-9H2;2*1-11H;1-7H. The van der Waals surface area contributed by atoms with Gasteiger partial charge in [0.1, 0.15) is 17.0 Å². The molecule has 3 aliphatic heterocycles. The van der Waals surface area contributed by atoms with Gasteiger partial charge in [-0.3, -0.25) is 29.9 Å². The topological polar surface area (TPSA) is 406 Å². The molecular formula is C112H99FN22O10. The summed E-state index contributed by atoms with van der Waals surface area (Å²) in [5.74, 6) is 6.37. The van der Waals surface area contributed by atoms with Gasteiger partial charge in [0.15, 0.2) is 0 Å². The molecule has 724 valence electrons. The van der Waals surface area contributed by atoms with Crippen LogP contribution in [0.15, 0.2) is 350 Å². The zero-order valence-corrected chi connectivity index (χ0v) is 80.2. The van der Waals surface area contributed by atoms with Crippen molar-refractivity contribution in [3.63, 3.8) is 0 Å². The molecule has 33 heteroatoms. The van der Waals surface area contributed by atoms with Gasteiger partial charge in [-0.05, 0) is 295 Å². The number of likely N-dealkylation sites (tertiary alicyclic amines) is 2. The van der Waals surface area contributed by atoms with E-state index >= 15 is 0 Å². The first kappa shape index (κ1) is 97.2. The van der Waals surface area contributed by atoms with Crippen molar-refractivity contribution in [2.24, 2.45) is 0 Å². The number of hydrogen-bond acceptors (Lipinski definition) is 30. The Morgan fingerprint density at radius 1 is 0.345 bits per heavy atom. The molecule has 0 spiro atoms. The Hall–Kier alpha value is -18.1. The van der Waals surface area contributed by atoms with E-state index in [-0.39, 0.29) is 29.7 Å². The van der Waals surface area contributed by atoms with Crippen molar-refractivity contribution < 1.29 is 50.6 Å². The fourth-order valence-corrected chi connectivity index (χ4v) is 16.7. The number of nitrogens with zero attached hydrogens (tertiary/aromatic N) is 21. The number of pyridine rings is 6. The molecule has 15 heterocycles. The molecular weight excluding hydrogens is 1830 g/mol. The van der Waals surface area contributed by atoms with Crippen LogP contribution in [0.25, 0.3) is 159 Å². The van der Waals surface area contributed by atoms with Gasteiger partial charge in [0.25, 0.3) is 35.3 Å². The van der Waals surface area contributed by atoms with Crippen molar-refractivity contribution in [2.75, 3.05) is 32.7 Å². The number of nitrogens with one attached hydrogen (secondary N) is 1. The Labute approximate surface area is 833 Å². The van der Waals surface area contributed by atoms with Crippen LogP contribution in [-0.4, -0.2) is 157 Å². The summed E-state index contributed by atoms with van der Waals surface area (Å²) in [6.07, 6.45) is 27.0. The van der Waals surface area contributed by atoms with Gasteiger partial charge in [-0.15, -0.1) is 0 Å². The smallest absolute Gasteiger partial charge is 0.410 e. The summed E-state index contributed by atoms with van der Waals surface area (Å²) in [5, 5.41) is 41.0. The number of amides is 2. The van der Waals surface area contributed by atoms with Gasteiger partial charge in [-0.25, -0.2) is 14.0 Å². The van der Waals surface area contributed by atoms with Crippen LogP contribution in [0.5, 0.6) is 0 Å². The average molecular weight is 1930 g/mol. The third-order valence-corrected chi connectivity index (χ3v) is 23.8. The van der Waals surface area contributed by atoms with E-state index in [0.717, 1.165) is 134 Å². The largest absolute Gasteiger partial charge is 0.444 e. The van der Waals surface area contributed by atoms with Crippen molar-refractivity contribution in [3.8, 4) is 143 Å². The summed E-state index contributed by atoms with van der Waals surface area (Å²) < 4.78 is 56.8. The molecule has 32 nitrogen and oxygen atoms in total. The third-order valence-electron chi connectivity index (χ3n) is 23.8. The van der Waals surface area contributed by atoms with Crippen LogP contribution in [0.1, 0.15) is 127 Å². The van der Waals surface area contributed by atoms with Gasteiger partial charge >= 0.3 is 12.2 Å². The van der Waals surface area contributed by atoms with Crippen molar-refractivity contribution >= 4 is 33.7 Å². The molecule has 0 saturated carbocycles. The maximum atomic E-state index is 13.4. The van der Waals surface area contributed by atoms with E-state index in [4.69, 9.17) is 41.9 Å². The highest BCUT2D eigenvalue weighted by atomic mass is 19.1. The van der Waals surface area contributed by atoms with Crippen LogP contribution < -0.4 is 5.32 Å². The molecule has 20 aromatic rings. The first-order valence-electron chi connectivity index (χ1n) is 47.4. The lowest BCUT2D eigenvalue weighted by molar-refractivity contribution is 0.00940. The quantitative estimate of drug-likeness (QED) is 0.0996. The number of rotatable bonds is 15. The number of nitriles is 1. The minimum atomic E-state index is -0.525. The fraction of sp³-hybridized carbons (Fsp3) is 0.205. The highest BCUT2D eigenvalue weighted by molar-refractivity contribution is 5.95. The van der Waals surface area contributed by atoms with Gasteiger partial charge in [-0.1, -0.05) is 134 Å². The number of ether oxygens (including phenoxy) is 2. The second-order valence-electron chi connectivity index (χ2n) is 36.2. The number of fused-ring (bicyclic) bond motifs is 2. The summed E-state index contributed by atoms with van der Waals surface area (Å²) in [7, 11) is 0. The van der Waals surface area contributed by atoms with Crippen molar-refractivity contribution in [1.29, 1.82) is 5.26 Å². The second kappa shape index (κ2) is 45.9. The lowest BCUT2D eigenvalue weighted by Gasteiger charge is -2.37. The maximum Gasteiger partial charge on any atom is 0.410 e. The van der Waals surface area contributed by atoms with Crippen LogP contribution in [-0.2, 0) is 9.47 Å². The predicted molar refractivity (Wildman–Crippen MR) is 542 cm³/mol. The first-order valence-corrected chi connectivity index (χ1v) is 47.4. The molecule has 1 atom stereocenters. The summed E-state index contributed by atoms with van der Waals surface area (Å²) in [6.45, 7) is 15.6. The summed E-state index contributed by atoms with van der Waals surface area (Å²) in [5.41, 5.74) is 13.0. The van der Waals surface area contributed by atoms with Gasteiger partial charge < -0.3 is 51.7 Å². The Bertz CT molecular complexity index is 7710. The lowest BCUT2D eigenvalue weighted by atomic mass is 9.88. The predicted octanol–water partition coefficient (Wildman–Crippen LogP) is 24.2. The van der Waals surface area contributed by atoms with Crippen LogP contribution in [0.4, 0.5) is 14.0 Å². The van der Waals surface area contributed by atoms with Crippen molar-refractivity contribution in [1.82, 2.24) is 106 Å². The van der Waals surface area contributed by atoms with E-state index in [2.05, 4.69) is 169 Å². The fourth-order valence-electron chi connectivity index (χ4n) is 16.7. The molecule has 3 aliphatic rings. The Morgan fingerprint density at radius 3 is 1.18 bits per heavy atom. The van der Waals surface area contributed by atoms with E-state index in [1.54, 1.807) is 91.4 Å². The van der Waals surface area contributed by atoms with E-state index in [1.807, 2.05) is 198 Å². The molecule has 3 saturated heterocycles. The number of piperidine rings is 3. The molecule has 12 aromatic heterocycles. The van der Waals surface area contributed by atoms with Crippen LogP contribution in [0.2, 0.25) is 0 Å². The first-order chi connectivity index (χ1) is 70.8. The van der Waals surface area contributed by atoms with Crippen LogP contribution in [0, 0.1) is 17.1 Å².